The number of methoxy groups -OCH3 is 1. The van der Waals surface area contributed by atoms with Crippen molar-refractivity contribution in [2.45, 2.75) is 0 Å². The normalized spacial score (nSPS) is 11.0. The summed E-state index contributed by atoms with van der Waals surface area (Å²) in [5.74, 6) is 0.835. The van der Waals surface area contributed by atoms with Crippen molar-refractivity contribution in [2.75, 3.05) is 30.8 Å². The zero-order valence-corrected chi connectivity index (χ0v) is 14.3. The van der Waals surface area contributed by atoms with Gasteiger partial charge in [0.05, 0.1) is 23.6 Å². The smallest absolute Gasteiger partial charge is 0.269 e. The van der Waals surface area contributed by atoms with E-state index >= 15 is 0 Å². The van der Waals surface area contributed by atoms with E-state index in [0.29, 0.717) is 29.5 Å². The number of anilines is 2. The lowest BCUT2D eigenvalue weighted by Crippen LogP contribution is -2.23. The van der Waals surface area contributed by atoms with Gasteiger partial charge < -0.3 is 21.1 Å². The largest absolute Gasteiger partial charge is 0.495 e. The average Bonchev–Trinajstić information content (AvgIpc) is 2.59. The topological polar surface area (TPSA) is 115 Å². The fourth-order valence-corrected chi connectivity index (χ4v) is 2.27. The number of rotatable bonds is 7. The molecule has 0 atom stereocenters. The van der Waals surface area contributed by atoms with Crippen LogP contribution < -0.4 is 21.1 Å². The van der Waals surface area contributed by atoms with E-state index in [1.165, 1.54) is 12.1 Å². The van der Waals surface area contributed by atoms with Gasteiger partial charge in [-0.3, -0.25) is 15.1 Å². The predicted octanol–water partition coefficient (Wildman–Crippen LogP) is 3.10. The molecule has 0 aromatic heterocycles. The minimum atomic E-state index is -0.439. The van der Waals surface area contributed by atoms with Crippen molar-refractivity contribution < 1.29 is 9.66 Å². The number of nitrogens with two attached hydrogens (primary N) is 1. The molecular weight excluding hydrogens is 346 g/mol. The molecule has 2 rings (SSSR count). The summed E-state index contributed by atoms with van der Waals surface area (Å²) in [4.78, 5) is 14.3. The molecule has 2 aromatic carbocycles. The summed E-state index contributed by atoms with van der Waals surface area (Å²) >= 11 is 6.04. The monoisotopic (exact) mass is 363 g/mol. The first-order valence-electron chi connectivity index (χ1n) is 7.38. The van der Waals surface area contributed by atoms with Crippen LogP contribution in [-0.4, -0.2) is 31.1 Å². The molecule has 0 saturated carbocycles. The molecule has 0 amide bonds. The molecule has 25 heavy (non-hydrogen) atoms. The fourth-order valence-electron chi connectivity index (χ4n) is 2.01. The molecule has 0 aliphatic rings. The van der Waals surface area contributed by atoms with E-state index in [2.05, 4.69) is 15.6 Å². The van der Waals surface area contributed by atoms with E-state index in [1.54, 1.807) is 37.4 Å². The highest BCUT2D eigenvalue weighted by Gasteiger charge is 2.04. The Bertz CT molecular complexity index is 765. The molecular formula is C16H18ClN5O3. The maximum absolute atomic E-state index is 10.6. The number of nitro groups is 1. The number of aliphatic imine (C=N–C) groups is 1. The Kier molecular flexibility index (Phi) is 6.41. The van der Waals surface area contributed by atoms with Gasteiger partial charge in [-0.05, 0) is 30.3 Å². The Morgan fingerprint density at radius 1 is 1.28 bits per heavy atom. The Labute approximate surface area is 149 Å². The fraction of sp³-hybridized carbons (Fsp3) is 0.188. The minimum Gasteiger partial charge on any atom is -0.495 e. The number of nitrogens with zero attached hydrogens (tertiary/aromatic N) is 2. The number of guanidine groups is 1. The van der Waals surface area contributed by atoms with E-state index in [1.807, 2.05) is 0 Å². The highest BCUT2D eigenvalue weighted by atomic mass is 35.5. The van der Waals surface area contributed by atoms with Gasteiger partial charge in [0.2, 0.25) is 0 Å². The summed E-state index contributed by atoms with van der Waals surface area (Å²) < 4.78 is 5.08. The SMILES string of the molecule is COc1ccc(NC(N)=NCCNc2ccc([N+](=O)[O-])cc2)cc1Cl. The van der Waals surface area contributed by atoms with Crippen LogP contribution in [0.2, 0.25) is 5.02 Å². The molecule has 0 aliphatic heterocycles. The van der Waals surface area contributed by atoms with Crippen molar-refractivity contribution in [3.63, 3.8) is 0 Å². The standard InChI is InChI=1S/C16H18ClN5O3/c1-25-15-7-4-12(10-14(15)17)21-16(18)20-9-8-19-11-2-5-13(6-3-11)22(23)24/h2-7,10,19H,8-9H2,1H3,(H3,18,20,21). The number of nitro benzene ring substituents is 1. The van der Waals surface area contributed by atoms with Gasteiger partial charge in [-0.25, -0.2) is 0 Å². The minimum absolute atomic E-state index is 0.0511. The summed E-state index contributed by atoms with van der Waals surface area (Å²) in [5, 5.41) is 17.1. The average molecular weight is 364 g/mol. The number of halogens is 1. The number of benzene rings is 2. The van der Waals surface area contributed by atoms with E-state index < -0.39 is 4.92 Å². The zero-order chi connectivity index (χ0) is 18.2. The number of ether oxygens (including phenoxy) is 1. The van der Waals surface area contributed by atoms with Crippen LogP contribution in [0.15, 0.2) is 47.5 Å². The molecule has 0 saturated heterocycles. The molecule has 2 aromatic rings. The van der Waals surface area contributed by atoms with Gasteiger partial charge in [0.15, 0.2) is 5.96 Å². The van der Waals surface area contributed by atoms with Crippen molar-refractivity contribution >= 4 is 34.6 Å². The third-order valence-corrected chi connectivity index (χ3v) is 3.52. The second-order valence-corrected chi connectivity index (χ2v) is 5.38. The summed E-state index contributed by atoms with van der Waals surface area (Å²) in [6.45, 7) is 0.962. The summed E-state index contributed by atoms with van der Waals surface area (Å²) in [6.07, 6.45) is 0. The van der Waals surface area contributed by atoms with E-state index in [9.17, 15) is 10.1 Å². The molecule has 0 radical (unpaired) electrons. The van der Waals surface area contributed by atoms with Gasteiger partial charge >= 0.3 is 0 Å². The van der Waals surface area contributed by atoms with Crippen LogP contribution in [0.3, 0.4) is 0 Å². The molecule has 0 fully saturated rings. The number of non-ortho nitro benzene ring substituents is 1. The molecule has 8 nitrogen and oxygen atoms in total. The van der Waals surface area contributed by atoms with Crippen molar-refractivity contribution in [1.82, 2.24) is 0 Å². The Hall–Kier alpha value is -3.00. The second kappa shape index (κ2) is 8.74. The molecule has 0 bridgehead atoms. The van der Waals surface area contributed by atoms with Crippen LogP contribution in [-0.2, 0) is 0 Å². The molecule has 0 unspecified atom stereocenters. The third-order valence-electron chi connectivity index (χ3n) is 3.23. The van der Waals surface area contributed by atoms with Crippen LogP contribution in [0.25, 0.3) is 0 Å². The first-order chi connectivity index (χ1) is 12.0. The van der Waals surface area contributed by atoms with Crippen LogP contribution in [0.1, 0.15) is 0 Å². The van der Waals surface area contributed by atoms with Gasteiger partial charge in [0.25, 0.3) is 5.69 Å². The van der Waals surface area contributed by atoms with E-state index in [0.717, 1.165) is 5.69 Å². The van der Waals surface area contributed by atoms with Gasteiger partial charge in [-0.2, -0.15) is 0 Å². The molecule has 9 heteroatoms. The molecule has 0 aliphatic carbocycles. The summed E-state index contributed by atoms with van der Waals surface area (Å²) in [5.41, 5.74) is 7.35. The quantitative estimate of drug-likeness (QED) is 0.229. The van der Waals surface area contributed by atoms with Gasteiger partial charge in [-0.1, -0.05) is 11.6 Å². The first kappa shape index (κ1) is 18.3. The molecule has 132 valence electrons. The first-order valence-corrected chi connectivity index (χ1v) is 7.76. The van der Waals surface area contributed by atoms with Gasteiger partial charge in [0.1, 0.15) is 5.75 Å². The number of hydrogen-bond acceptors (Lipinski definition) is 5. The zero-order valence-electron chi connectivity index (χ0n) is 13.5. The highest BCUT2D eigenvalue weighted by molar-refractivity contribution is 6.32. The molecule has 0 spiro atoms. The Balaban J connectivity index is 1.81. The highest BCUT2D eigenvalue weighted by Crippen LogP contribution is 2.27. The van der Waals surface area contributed by atoms with Crippen molar-refractivity contribution in [3.8, 4) is 5.75 Å². The van der Waals surface area contributed by atoms with Crippen molar-refractivity contribution in [2.24, 2.45) is 10.7 Å². The summed E-state index contributed by atoms with van der Waals surface area (Å²) in [7, 11) is 1.54. The number of hydrogen-bond donors (Lipinski definition) is 3. The van der Waals surface area contributed by atoms with Gasteiger partial charge in [0, 0.05) is 30.1 Å². The van der Waals surface area contributed by atoms with Crippen LogP contribution in [0.4, 0.5) is 17.1 Å². The van der Waals surface area contributed by atoms with E-state index in [-0.39, 0.29) is 11.6 Å². The lowest BCUT2D eigenvalue weighted by Gasteiger charge is -2.09. The Morgan fingerprint density at radius 2 is 1.96 bits per heavy atom. The lowest BCUT2D eigenvalue weighted by molar-refractivity contribution is -0.384. The third kappa shape index (κ3) is 5.54. The van der Waals surface area contributed by atoms with Crippen LogP contribution in [0, 0.1) is 10.1 Å². The maximum Gasteiger partial charge on any atom is 0.269 e. The van der Waals surface area contributed by atoms with Crippen molar-refractivity contribution in [3.05, 3.63) is 57.6 Å². The Morgan fingerprint density at radius 3 is 2.56 bits per heavy atom. The predicted molar refractivity (Wildman–Crippen MR) is 99.7 cm³/mol. The summed E-state index contributed by atoms with van der Waals surface area (Å²) in [6, 6.07) is 11.4. The maximum atomic E-state index is 10.6. The van der Waals surface area contributed by atoms with Crippen LogP contribution in [0.5, 0.6) is 5.75 Å². The lowest BCUT2D eigenvalue weighted by atomic mass is 10.3. The van der Waals surface area contributed by atoms with Gasteiger partial charge in [-0.15, -0.1) is 0 Å². The van der Waals surface area contributed by atoms with Crippen LogP contribution >= 0.6 is 11.6 Å². The molecule has 4 N–H and O–H groups in total. The van der Waals surface area contributed by atoms with E-state index in [4.69, 9.17) is 22.1 Å². The number of nitrogens with one attached hydrogen (secondary N) is 2. The second-order valence-electron chi connectivity index (χ2n) is 4.97. The molecule has 0 heterocycles. The van der Waals surface area contributed by atoms with Crippen molar-refractivity contribution in [1.29, 1.82) is 0 Å².